The minimum Gasteiger partial charge on any atom is -1.00 e. The molecule has 1 unspecified atom stereocenters. The second-order valence-electron chi connectivity index (χ2n) is 5.10. The molecule has 2 aromatic carbocycles. The Morgan fingerprint density at radius 1 is 1.18 bits per heavy atom. The van der Waals surface area contributed by atoms with Gasteiger partial charge in [0.1, 0.15) is 0 Å². The number of carboxylic acid groups (broad SMARTS) is 1. The van der Waals surface area contributed by atoms with Crippen LogP contribution in [0.25, 0.3) is 0 Å². The normalized spacial score (nSPS) is 12.8. The molecule has 0 aliphatic rings. The largest absolute Gasteiger partial charge is 1.00 e. The maximum Gasteiger partial charge on any atom is 1.00 e. The van der Waals surface area contributed by atoms with Crippen molar-refractivity contribution in [2.75, 3.05) is 0 Å². The van der Waals surface area contributed by atoms with Crippen LogP contribution in [-0.4, -0.2) is 16.0 Å². The molecule has 0 aromatic heterocycles. The second kappa shape index (κ2) is 7.98. The number of aliphatic carboxylic acids is 1. The monoisotopic (exact) mass is 325 g/mol. The van der Waals surface area contributed by atoms with Crippen LogP contribution < -0.4 is 51.4 Å². The van der Waals surface area contributed by atoms with Crippen LogP contribution in [0, 0.1) is 10.1 Å². The van der Waals surface area contributed by atoms with E-state index in [0.717, 1.165) is 5.56 Å². The first-order chi connectivity index (χ1) is 9.93. The van der Waals surface area contributed by atoms with Crippen molar-refractivity contribution in [3.05, 3.63) is 75.8 Å². The average Bonchev–Trinajstić information content (AvgIpc) is 2.48. The molecule has 0 spiro atoms. The Bertz CT molecular complexity index is 664. The number of hydrogen-bond acceptors (Lipinski definition) is 3. The van der Waals surface area contributed by atoms with Gasteiger partial charge in [-0.15, -0.1) is 0 Å². The van der Waals surface area contributed by atoms with E-state index in [9.17, 15) is 20.0 Å². The molecule has 0 heterocycles. The first-order valence-electron chi connectivity index (χ1n) is 6.46. The van der Waals surface area contributed by atoms with Crippen LogP contribution in [0.4, 0.5) is 5.69 Å². The molecular weight excluding hydrogens is 309 g/mol. The number of benzene rings is 2. The van der Waals surface area contributed by atoms with Gasteiger partial charge in [-0.05, 0) is 24.5 Å². The maximum absolute atomic E-state index is 11.7. The summed E-state index contributed by atoms with van der Waals surface area (Å²) in [6.45, 7) is 1.63. The van der Waals surface area contributed by atoms with Gasteiger partial charge in [-0.2, -0.15) is 0 Å². The van der Waals surface area contributed by atoms with E-state index in [1.54, 1.807) is 6.92 Å². The van der Waals surface area contributed by atoms with Crippen molar-refractivity contribution in [3.63, 3.8) is 0 Å². The van der Waals surface area contributed by atoms with E-state index in [4.69, 9.17) is 0 Å². The fourth-order valence-corrected chi connectivity index (χ4v) is 2.26. The molecule has 1 atom stereocenters. The van der Waals surface area contributed by atoms with E-state index in [0.29, 0.717) is 12.0 Å². The van der Waals surface area contributed by atoms with Crippen molar-refractivity contribution in [1.82, 2.24) is 0 Å². The molecule has 1 N–H and O–H groups in total. The van der Waals surface area contributed by atoms with E-state index in [-0.39, 0.29) is 58.5 Å². The summed E-state index contributed by atoms with van der Waals surface area (Å²) in [5.74, 6) is -0.958. The van der Waals surface area contributed by atoms with Crippen molar-refractivity contribution in [3.8, 4) is 0 Å². The van der Waals surface area contributed by atoms with Crippen LogP contribution >= 0.6 is 0 Å². The number of hydrogen-bond donors (Lipinski definition) is 1. The van der Waals surface area contributed by atoms with Gasteiger partial charge in [-0.3, -0.25) is 14.9 Å². The second-order valence-corrected chi connectivity index (χ2v) is 5.10. The van der Waals surface area contributed by atoms with Gasteiger partial charge in [0.15, 0.2) is 0 Å². The fraction of sp³-hybridized carbons (Fsp3) is 0.188. The molecule has 0 fully saturated rings. The first kappa shape index (κ1) is 19.0. The third-order valence-electron chi connectivity index (χ3n) is 3.59. The summed E-state index contributed by atoms with van der Waals surface area (Å²) in [5.41, 5.74) is 0.271. The minimum atomic E-state index is -1.13. The van der Waals surface area contributed by atoms with Crippen LogP contribution in [0.3, 0.4) is 0 Å². The smallest absolute Gasteiger partial charge is 1.00 e. The van der Waals surface area contributed by atoms with Crippen LogP contribution in [0.2, 0.25) is 0 Å². The van der Waals surface area contributed by atoms with Crippen LogP contribution in [-0.2, 0) is 16.6 Å². The molecule has 0 saturated carbocycles. The Kier molecular flexibility index (Phi) is 6.89. The Morgan fingerprint density at radius 3 is 2.18 bits per heavy atom. The molecule has 22 heavy (non-hydrogen) atoms. The third kappa shape index (κ3) is 4.24. The van der Waals surface area contributed by atoms with Gasteiger partial charge in [0.2, 0.25) is 0 Å². The molecule has 0 aliphatic heterocycles. The van der Waals surface area contributed by atoms with Crippen LogP contribution in [0.15, 0.2) is 54.6 Å². The summed E-state index contributed by atoms with van der Waals surface area (Å²) in [4.78, 5) is 21.9. The summed E-state index contributed by atoms with van der Waals surface area (Å²) in [6.07, 6.45) is 0.320. The molecule has 2 aromatic rings. The van der Waals surface area contributed by atoms with E-state index >= 15 is 0 Å². The molecule has 6 heteroatoms. The Morgan fingerprint density at radius 2 is 1.73 bits per heavy atom. The molecular formula is C16H16KNO4. The van der Waals surface area contributed by atoms with Gasteiger partial charge in [-0.1, -0.05) is 42.5 Å². The van der Waals surface area contributed by atoms with Gasteiger partial charge in [0.25, 0.3) is 5.69 Å². The number of nitro benzene ring substituents is 1. The summed E-state index contributed by atoms with van der Waals surface area (Å²) in [5, 5.41) is 20.3. The summed E-state index contributed by atoms with van der Waals surface area (Å²) in [7, 11) is 0. The first-order valence-corrected chi connectivity index (χ1v) is 6.46. The van der Waals surface area contributed by atoms with E-state index < -0.39 is 16.3 Å². The molecule has 0 radical (unpaired) electrons. The number of non-ortho nitro benzene ring substituents is 1. The molecule has 0 bridgehead atoms. The topological polar surface area (TPSA) is 80.4 Å². The zero-order valence-electron chi connectivity index (χ0n) is 13.5. The maximum atomic E-state index is 11.7. The predicted molar refractivity (Wildman–Crippen MR) is 79.3 cm³/mol. The molecule has 2 rings (SSSR count). The number of carbonyl (C=O) groups is 1. The van der Waals surface area contributed by atoms with Crippen molar-refractivity contribution in [1.29, 1.82) is 0 Å². The molecule has 0 saturated heterocycles. The number of nitrogens with zero attached hydrogens (tertiary/aromatic N) is 1. The zero-order valence-corrected chi connectivity index (χ0v) is 15.6. The quantitative estimate of drug-likeness (QED) is 0.487. The summed E-state index contributed by atoms with van der Waals surface area (Å²) in [6, 6.07) is 15.0. The third-order valence-corrected chi connectivity index (χ3v) is 3.59. The fourth-order valence-electron chi connectivity index (χ4n) is 2.26. The Balaban J connectivity index is 0.00000242. The minimum absolute atomic E-state index is 0. The van der Waals surface area contributed by atoms with Crippen molar-refractivity contribution < 1.29 is 67.6 Å². The number of carboxylic acids is 1. The van der Waals surface area contributed by atoms with Crippen LogP contribution in [0.1, 0.15) is 19.5 Å². The molecule has 0 aliphatic carbocycles. The van der Waals surface area contributed by atoms with E-state index in [2.05, 4.69) is 0 Å². The number of rotatable bonds is 5. The number of nitro groups is 1. The van der Waals surface area contributed by atoms with Crippen molar-refractivity contribution >= 4 is 11.7 Å². The molecule has 110 valence electrons. The standard InChI is InChI=1S/C16H15NO4.K.H/c1-16(15(18)19,11-12-5-3-2-4-6-12)13-7-9-14(10-8-13)17(20)21;;/h2-10H,11H2,1H3,(H,18,19);;/q;+1;-1. The van der Waals surface area contributed by atoms with Crippen molar-refractivity contribution in [2.24, 2.45) is 0 Å². The SMILES string of the molecule is CC(Cc1ccccc1)(C(=O)O)c1ccc([N+](=O)[O-])cc1.[H-].[K+]. The summed E-state index contributed by atoms with van der Waals surface area (Å²) < 4.78 is 0. The van der Waals surface area contributed by atoms with E-state index in [1.807, 2.05) is 30.3 Å². The Labute approximate surface area is 172 Å². The van der Waals surface area contributed by atoms with Gasteiger partial charge in [0.05, 0.1) is 10.3 Å². The molecule has 0 amide bonds. The van der Waals surface area contributed by atoms with E-state index in [1.165, 1.54) is 24.3 Å². The zero-order chi connectivity index (χ0) is 15.5. The van der Waals surface area contributed by atoms with Gasteiger partial charge in [0, 0.05) is 12.1 Å². The van der Waals surface area contributed by atoms with Gasteiger partial charge >= 0.3 is 57.4 Å². The Hall–Kier alpha value is -1.05. The van der Waals surface area contributed by atoms with Crippen molar-refractivity contribution in [2.45, 2.75) is 18.8 Å². The molecule has 5 nitrogen and oxygen atoms in total. The van der Waals surface area contributed by atoms with Gasteiger partial charge in [-0.25, -0.2) is 0 Å². The van der Waals surface area contributed by atoms with Gasteiger partial charge < -0.3 is 6.53 Å². The average molecular weight is 325 g/mol. The predicted octanol–water partition coefficient (Wildman–Crippen LogP) is 0.296. The van der Waals surface area contributed by atoms with Crippen LogP contribution in [0.5, 0.6) is 0 Å². The summed E-state index contributed by atoms with van der Waals surface area (Å²) >= 11 is 0.